The summed E-state index contributed by atoms with van der Waals surface area (Å²) in [5.41, 5.74) is 1.24. The van der Waals surface area contributed by atoms with E-state index < -0.39 is 0 Å². The molecule has 0 bridgehead atoms. The third kappa shape index (κ3) is 0.637. The summed E-state index contributed by atoms with van der Waals surface area (Å²) in [4.78, 5) is 0. The summed E-state index contributed by atoms with van der Waals surface area (Å²) in [6.45, 7) is 0. The third-order valence-electron chi connectivity index (χ3n) is 1.71. The van der Waals surface area contributed by atoms with Crippen LogP contribution >= 0.6 is 0 Å². The minimum atomic E-state index is 1.19. The molecule has 0 aliphatic rings. The average Bonchev–Trinajstić information content (AvgIpc) is 2.34. The molecular weight excluding hydrogens is 122 g/mol. The fourth-order valence-corrected chi connectivity index (χ4v) is 1.15. The van der Waals surface area contributed by atoms with Gasteiger partial charge in [0.25, 0.3) is 0 Å². The van der Waals surface area contributed by atoms with Crippen molar-refractivity contribution >= 4 is 10.9 Å². The number of benzene rings is 1. The predicted octanol–water partition coefficient (Wildman–Crippen LogP) is 1.98. The minimum absolute atomic E-state index is 1.19. The lowest BCUT2D eigenvalue weighted by atomic mass is 10.2. The standard InChI is InChI=1S/C9H8N/c1-10-7-6-8-4-2-3-5-9(8)10/h2-3,5-7H,1H3. The Morgan fingerprint density at radius 1 is 1.40 bits per heavy atom. The Morgan fingerprint density at radius 3 is 3.10 bits per heavy atom. The van der Waals surface area contributed by atoms with E-state index >= 15 is 0 Å². The van der Waals surface area contributed by atoms with Crippen molar-refractivity contribution < 1.29 is 0 Å². The quantitative estimate of drug-likeness (QED) is 0.514. The molecule has 1 heterocycles. The molecule has 2 rings (SSSR count). The van der Waals surface area contributed by atoms with Gasteiger partial charge in [-0.1, -0.05) is 12.1 Å². The zero-order valence-corrected chi connectivity index (χ0v) is 5.83. The molecule has 0 aliphatic carbocycles. The lowest BCUT2D eigenvalue weighted by molar-refractivity contribution is 0.969. The van der Waals surface area contributed by atoms with Gasteiger partial charge in [-0.2, -0.15) is 0 Å². The second-order valence-corrected chi connectivity index (χ2v) is 2.40. The zero-order valence-electron chi connectivity index (χ0n) is 5.83. The van der Waals surface area contributed by atoms with Crippen LogP contribution in [0, 0.1) is 6.07 Å². The van der Waals surface area contributed by atoms with Crippen LogP contribution in [0.15, 0.2) is 30.5 Å². The number of rotatable bonds is 0. The Labute approximate surface area is 59.9 Å². The van der Waals surface area contributed by atoms with E-state index in [9.17, 15) is 0 Å². The molecular formula is C9H8N. The lowest BCUT2D eigenvalue weighted by Crippen LogP contribution is -1.81. The van der Waals surface area contributed by atoms with Gasteiger partial charge in [-0.25, -0.2) is 0 Å². The van der Waals surface area contributed by atoms with Gasteiger partial charge in [-0.3, -0.25) is 0 Å². The number of fused-ring (bicyclic) bond motifs is 1. The van der Waals surface area contributed by atoms with Crippen LogP contribution in [0.1, 0.15) is 0 Å². The van der Waals surface area contributed by atoms with Gasteiger partial charge in [-0.15, -0.1) is 0 Å². The maximum absolute atomic E-state index is 3.15. The first-order valence-corrected chi connectivity index (χ1v) is 3.30. The van der Waals surface area contributed by atoms with Crippen molar-refractivity contribution in [2.45, 2.75) is 0 Å². The highest BCUT2D eigenvalue weighted by Crippen LogP contribution is 2.11. The van der Waals surface area contributed by atoms with E-state index in [1.165, 1.54) is 10.9 Å². The monoisotopic (exact) mass is 130 g/mol. The van der Waals surface area contributed by atoms with Crippen LogP contribution in [-0.4, -0.2) is 4.57 Å². The van der Waals surface area contributed by atoms with Crippen molar-refractivity contribution in [1.29, 1.82) is 0 Å². The molecule has 0 N–H and O–H groups in total. The topological polar surface area (TPSA) is 4.93 Å². The Kier molecular flexibility index (Phi) is 1.04. The second-order valence-electron chi connectivity index (χ2n) is 2.40. The molecule has 0 atom stereocenters. The summed E-state index contributed by atoms with van der Waals surface area (Å²) in [7, 11) is 2.04. The lowest BCUT2D eigenvalue weighted by Gasteiger charge is -1.92. The van der Waals surface area contributed by atoms with Gasteiger partial charge < -0.3 is 4.57 Å². The second kappa shape index (κ2) is 1.87. The number of nitrogens with zero attached hydrogens (tertiary/aromatic N) is 1. The van der Waals surface area contributed by atoms with E-state index in [2.05, 4.69) is 22.8 Å². The van der Waals surface area contributed by atoms with Gasteiger partial charge in [0.05, 0.1) is 0 Å². The van der Waals surface area contributed by atoms with Gasteiger partial charge in [0.15, 0.2) is 0 Å². The normalized spacial score (nSPS) is 10.5. The molecule has 10 heavy (non-hydrogen) atoms. The molecule has 0 saturated heterocycles. The first kappa shape index (κ1) is 5.54. The first-order valence-electron chi connectivity index (χ1n) is 3.30. The molecule has 0 spiro atoms. The molecule has 1 aromatic heterocycles. The van der Waals surface area contributed by atoms with Gasteiger partial charge in [0.1, 0.15) is 0 Å². The van der Waals surface area contributed by atoms with Crippen LogP contribution in [0.3, 0.4) is 0 Å². The van der Waals surface area contributed by atoms with Gasteiger partial charge in [-0.05, 0) is 18.2 Å². The number of hydrogen-bond donors (Lipinski definition) is 0. The predicted molar refractivity (Wildman–Crippen MR) is 41.8 cm³/mol. The van der Waals surface area contributed by atoms with Crippen molar-refractivity contribution in [2.24, 2.45) is 7.05 Å². The van der Waals surface area contributed by atoms with E-state index in [1.54, 1.807) is 0 Å². The molecule has 1 heteroatoms. The summed E-state index contributed by atoms with van der Waals surface area (Å²) in [6.07, 6.45) is 2.04. The largest absolute Gasteiger partial charge is 0.351 e. The minimum Gasteiger partial charge on any atom is -0.351 e. The summed E-state index contributed by atoms with van der Waals surface area (Å²) >= 11 is 0. The van der Waals surface area contributed by atoms with E-state index in [4.69, 9.17) is 0 Å². The highest BCUT2D eigenvalue weighted by atomic mass is 14.9. The van der Waals surface area contributed by atoms with Crippen molar-refractivity contribution in [3.63, 3.8) is 0 Å². The van der Waals surface area contributed by atoms with E-state index in [-0.39, 0.29) is 0 Å². The van der Waals surface area contributed by atoms with Gasteiger partial charge >= 0.3 is 0 Å². The van der Waals surface area contributed by atoms with Crippen molar-refractivity contribution in [3.05, 3.63) is 36.5 Å². The molecule has 0 amide bonds. The Hall–Kier alpha value is -1.24. The number of hydrogen-bond acceptors (Lipinski definition) is 0. The Morgan fingerprint density at radius 2 is 2.30 bits per heavy atom. The molecule has 1 radical (unpaired) electrons. The molecule has 2 aromatic rings. The van der Waals surface area contributed by atoms with E-state index in [0.29, 0.717) is 0 Å². The molecule has 0 unspecified atom stereocenters. The summed E-state index contributed by atoms with van der Waals surface area (Å²) in [5, 5.41) is 1.19. The zero-order chi connectivity index (χ0) is 6.97. The van der Waals surface area contributed by atoms with Gasteiger partial charge in [0.2, 0.25) is 0 Å². The van der Waals surface area contributed by atoms with Crippen LogP contribution in [0.5, 0.6) is 0 Å². The number of aryl methyl sites for hydroxylation is 1. The highest BCUT2D eigenvalue weighted by molar-refractivity contribution is 5.79. The Balaban J connectivity index is 2.93. The van der Waals surface area contributed by atoms with Crippen LogP contribution in [0.25, 0.3) is 10.9 Å². The Bertz CT molecular complexity index is 346. The third-order valence-corrected chi connectivity index (χ3v) is 1.71. The molecule has 0 fully saturated rings. The fraction of sp³-hybridized carbons (Fsp3) is 0.111. The number of aromatic nitrogens is 1. The van der Waals surface area contributed by atoms with Crippen LogP contribution in [0.2, 0.25) is 0 Å². The van der Waals surface area contributed by atoms with Crippen molar-refractivity contribution in [2.75, 3.05) is 0 Å². The molecule has 1 aromatic carbocycles. The van der Waals surface area contributed by atoms with Crippen molar-refractivity contribution in [3.8, 4) is 0 Å². The molecule has 0 saturated carbocycles. The van der Waals surface area contributed by atoms with Crippen LogP contribution in [-0.2, 0) is 7.05 Å². The molecule has 1 nitrogen and oxygen atoms in total. The molecule has 0 aliphatic heterocycles. The average molecular weight is 130 g/mol. The van der Waals surface area contributed by atoms with Gasteiger partial charge in [0, 0.05) is 24.1 Å². The SMILES string of the molecule is Cn1ccc2[c]cccc21. The summed E-state index contributed by atoms with van der Waals surface area (Å²) in [5.74, 6) is 0. The maximum Gasteiger partial charge on any atom is 0.0483 e. The van der Waals surface area contributed by atoms with Crippen molar-refractivity contribution in [1.82, 2.24) is 4.57 Å². The molecule has 49 valence electrons. The van der Waals surface area contributed by atoms with E-state index in [0.717, 1.165) is 0 Å². The summed E-state index contributed by atoms with van der Waals surface area (Å²) in [6, 6.07) is 11.2. The van der Waals surface area contributed by atoms with Crippen LogP contribution < -0.4 is 0 Å². The smallest absolute Gasteiger partial charge is 0.0483 e. The van der Waals surface area contributed by atoms with E-state index in [1.807, 2.05) is 25.4 Å². The maximum atomic E-state index is 3.15. The first-order chi connectivity index (χ1) is 4.88. The fourth-order valence-electron chi connectivity index (χ4n) is 1.15. The van der Waals surface area contributed by atoms with Crippen LogP contribution in [0.4, 0.5) is 0 Å². The summed E-state index contributed by atoms with van der Waals surface area (Å²) < 4.78 is 2.09. The highest BCUT2D eigenvalue weighted by Gasteiger charge is 1.92.